The Bertz CT molecular complexity index is 605. The van der Waals surface area contributed by atoms with Crippen LogP contribution >= 0.6 is 27.5 Å². The van der Waals surface area contributed by atoms with Crippen molar-refractivity contribution in [1.29, 1.82) is 5.26 Å². The monoisotopic (exact) mass is 369 g/mol. The summed E-state index contributed by atoms with van der Waals surface area (Å²) >= 11 is 9.48. The van der Waals surface area contributed by atoms with E-state index in [2.05, 4.69) is 22.0 Å². The van der Waals surface area contributed by atoms with Gasteiger partial charge < -0.3 is 5.11 Å². The van der Waals surface area contributed by atoms with Crippen molar-refractivity contribution >= 4 is 33.5 Å². The number of carbonyl (C=O) groups is 1. The molecule has 1 N–H and O–H groups in total. The molecule has 1 saturated carbocycles. The predicted octanol–water partition coefficient (Wildman–Crippen LogP) is 4.84. The first-order valence-corrected chi connectivity index (χ1v) is 8.21. The van der Waals surface area contributed by atoms with Crippen LogP contribution in [0, 0.1) is 24.2 Å². The standard InChI is InChI=1S/C16H17BrClNO2/c1-10-7-13(17)14(18)8-12(10)16(9-19,15(20)21)11-5-3-2-4-6-11/h7-8,11H,2-6H2,1H3,(H,20,21). The number of nitriles is 1. The number of aliphatic carboxylic acids is 1. The van der Waals surface area contributed by atoms with Gasteiger partial charge in [0.2, 0.25) is 0 Å². The highest BCUT2D eigenvalue weighted by atomic mass is 79.9. The van der Waals surface area contributed by atoms with Gasteiger partial charge in [0, 0.05) is 4.47 Å². The Balaban J connectivity index is 2.63. The third kappa shape index (κ3) is 2.82. The van der Waals surface area contributed by atoms with Gasteiger partial charge in [-0.1, -0.05) is 30.9 Å². The number of carboxylic acid groups (broad SMARTS) is 1. The van der Waals surface area contributed by atoms with E-state index in [4.69, 9.17) is 11.6 Å². The van der Waals surface area contributed by atoms with Gasteiger partial charge >= 0.3 is 5.97 Å². The molecule has 0 bridgehead atoms. The molecule has 1 unspecified atom stereocenters. The molecule has 0 saturated heterocycles. The van der Waals surface area contributed by atoms with Gasteiger partial charge in [0.15, 0.2) is 5.41 Å². The molecule has 0 aromatic heterocycles. The van der Waals surface area contributed by atoms with Crippen molar-refractivity contribution in [1.82, 2.24) is 0 Å². The van der Waals surface area contributed by atoms with E-state index in [9.17, 15) is 15.2 Å². The average Bonchev–Trinajstić information content (AvgIpc) is 2.46. The molecule has 5 heteroatoms. The third-order valence-electron chi connectivity index (χ3n) is 4.42. The smallest absolute Gasteiger partial charge is 0.328 e. The Morgan fingerprint density at radius 3 is 2.57 bits per heavy atom. The van der Waals surface area contributed by atoms with Crippen molar-refractivity contribution in [2.45, 2.75) is 44.4 Å². The summed E-state index contributed by atoms with van der Waals surface area (Å²) in [7, 11) is 0. The Morgan fingerprint density at radius 1 is 1.43 bits per heavy atom. The molecule has 0 radical (unpaired) electrons. The molecule has 0 amide bonds. The van der Waals surface area contributed by atoms with Crippen LogP contribution in [-0.2, 0) is 10.2 Å². The minimum atomic E-state index is -1.51. The summed E-state index contributed by atoms with van der Waals surface area (Å²) in [4.78, 5) is 12.0. The molecule has 0 aliphatic heterocycles. The second kappa shape index (κ2) is 6.37. The Morgan fingerprint density at radius 2 is 2.05 bits per heavy atom. The zero-order chi connectivity index (χ0) is 15.6. The highest BCUT2D eigenvalue weighted by Gasteiger charge is 2.49. The lowest BCUT2D eigenvalue weighted by Gasteiger charge is -2.35. The fourth-order valence-electron chi connectivity index (χ4n) is 3.32. The molecule has 1 aromatic carbocycles. The lowest BCUT2D eigenvalue weighted by Crippen LogP contribution is -2.43. The quantitative estimate of drug-likeness (QED) is 0.828. The van der Waals surface area contributed by atoms with Crippen molar-refractivity contribution in [2.75, 3.05) is 0 Å². The summed E-state index contributed by atoms with van der Waals surface area (Å²) in [6, 6.07) is 5.53. The van der Waals surface area contributed by atoms with E-state index >= 15 is 0 Å². The summed E-state index contributed by atoms with van der Waals surface area (Å²) in [6.07, 6.45) is 4.60. The first kappa shape index (κ1) is 16.3. The van der Waals surface area contributed by atoms with E-state index in [1.54, 1.807) is 12.1 Å². The average molecular weight is 371 g/mol. The van der Waals surface area contributed by atoms with Crippen molar-refractivity contribution in [3.05, 3.63) is 32.8 Å². The highest BCUT2D eigenvalue weighted by Crippen LogP contribution is 2.44. The molecule has 0 spiro atoms. The number of benzene rings is 1. The van der Waals surface area contributed by atoms with E-state index in [0.29, 0.717) is 15.1 Å². The van der Waals surface area contributed by atoms with Crippen molar-refractivity contribution in [3.63, 3.8) is 0 Å². The van der Waals surface area contributed by atoms with Crippen molar-refractivity contribution in [2.24, 2.45) is 5.92 Å². The molecule has 112 valence electrons. The molecular weight excluding hydrogens is 354 g/mol. The molecular formula is C16H17BrClNO2. The van der Waals surface area contributed by atoms with Gasteiger partial charge in [0.25, 0.3) is 0 Å². The minimum absolute atomic E-state index is 0.162. The highest BCUT2D eigenvalue weighted by molar-refractivity contribution is 9.10. The van der Waals surface area contributed by atoms with Crippen molar-refractivity contribution in [3.8, 4) is 6.07 Å². The van der Waals surface area contributed by atoms with Crippen LogP contribution in [0.5, 0.6) is 0 Å². The van der Waals surface area contributed by atoms with E-state index < -0.39 is 11.4 Å². The fraction of sp³-hybridized carbons (Fsp3) is 0.500. The van der Waals surface area contributed by atoms with Crippen LogP contribution in [0.15, 0.2) is 16.6 Å². The molecule has 1 atom stereocenters. The summed E-state index contributed by atoms with van der Waals surface area (Å²) in [5.74, 6) is -1.23. The predicted molar refractivity (Wildman–Crippen MR) is 85.4 cm³/mol. The summed E-state index contributed by atoms with van der Waals surface area (Å²) in [5.41, 5.74) is -0.201. The van der Waals surface area contributed by atoms with Gasteiger partial charge in [-0.3, -0.25) is 4.79 Å². The van der Waals surface area contributed by atoms with Gasteiger partial charge in [-0.25, -0.2) is 0 Å². The van der Waals surface area contributed by atoms with Crippen LogP contribution in [-0.4, -0.2) is 11.1 Å². The second-order valence-corrected chi connectivity index (χ2v) is 6.90. The lowest BCUT2D eigenvalue weighted by atomic mass is 9.65. The fourth-order valence-corrected chi connectivity index (χ4v) is 3.94. The number of rotatable bonds is 3. The SMILES string of the molecule is Cc1cc(Br)c(Cl)cc1C(C#N)(C(=O)O)C1CCCCC1. The van der Waals surface area contributed by atoms with Crippen LogP contribution in [0.1, 0.15) is 43.2 Å². The number of carboxylic acids is 1. The van der Waals surface area contributed by atoms with E-state index in [-0.39, 0.29) is 5.92 Å². The van der Waals surface area contributed by atoms with Gasteiger partial charge in [-0.2, -0.15) is 5.26 Å². The van der Waals surface area contributed by atoms with Crippen LogP contribution in [0.4, 0.5) is 0 Å². The summed E-state index contributed by atoms with van der Waals surface area (Å²) in [5, 5.41) is 20.0. The molecule has 3 nitrogen and oxygen atoms in total. The van der Waals surface area contributed by atoms with Crippen LogP contribution in [0.3, 0.4) is 0 Å². The van der Waals surface area contributed by atoms with Crippen molar-refractivity contribution < 1.29 is 9.90 Å². The molecule has 1 aromatic rings. The van der Waals surface area contributed by atoms with E-state index in [0.717, 1.165) is 37.7 Å². The maximum absolute atomic E-state index is 12.0. The molecule has 21 heavy (non-hydrogen) atoms. The number of halogens is 2. The number of hydrogen-bond acceptors (Lipinski definition) is 2. The van der Waals surface area contributed by atoms with E-state index in [1.165, 1.54) is 0 Å². The Labute approximate surface area is 138 Å². The first-order chi connectivity index (χ1) is 9.93. The third-order valence-corrected chi connectivity index (χ3v) is 5.62. The maximum atomic E-state index is 12.0. The Hall–Kier alpha value is -1.05. The van der Waals surface area contributed by atoms with Crippen LogP contribution in [0.25, 0.3) is 0 Å². The zero-order valence-corrected chi connectivity index (χ0v) is 14.2. The zero-order valence-electron chi connectivity index (χ0n) is 11.8. The first-order valence-electron chi connectivity index (χ1n) is 7.04. The largest absolute Gasteiger partial charge is 0.480 e. The topological polar surface area (TPSA) is 61.1 Å². The number of aryl methyl sites for hydroxylation is 1. The normalized spacial score (nSPS) is 18.8. The second-order valence-electron chi connectivity index (χ2n) is 5.64. The molecule has 2 rings (SSSR count). The molecule has 0 heterocycles. The Kier molecular flexibility index (Phi) is 4.95. The maximum Gasteiger partial charge on any atom is 0.328 e. The van der Waals surface area contributed by atoms with Gasteiger partial charge in [0.1, 0.15) is 0 Å². The summed E-state index contributed by atoms with van der Waals surface area (Å²) in [6.45, 7) is 1.83. The summed E-state index contributed by atoms with van der Waals surface area (Å²) < 4.78 is 0.714. The van der Waals surface area contributed by atoms with Gasteiger partial charge in [-0.15, -0.1) is 0 Å². The lowest BCUT2D eigenvalue weighted by molar-refractivity contribution is -0.144. The number of nitrogens with zero attached hydrogens (tertiary/aromatic N) is 1. The molecule has 1 fully saturated rings. The van der Waals surface area contributed by atoms with Crippen LogP contribution < -0.4 is 0 Å². The minimum Gasteiger partial charge on any atom is -0.480 e. The molecule has 1 aliphatic carbocycles. The van der Waals surface area contributed by atoms with Gasteiger partial charge in [-0.05, 0) is 64.9 Å². The van der Waals surface area contributed by atoms with E-state index in [1.807, 2.05) is 6.92 Å². The van der Waals surface area contributed by atoms with Gasteiger partial charge in [0.05, 0.1) is 11.1 Å². The molecule has 1 aliphatic rings. The van der Waals surface area contributed by atoms with Crippen LogP contribution in [0.2, 0.25) is 5.02 Å². The number of hydrogen-bond donors (Lipinski definition) is 1.